The summed E-state index contributed by atoms with van der Waals surface area (Å²) in [6, 6.07) is 13.6. The van der Waals surface area contributed by atoms with E-state index in [1.165, 1.54) is 0 Å². The summed E-state index contributed by atoms with van der Waals surface area (Å²) in [5.41, 5.74) is 6.81. The van der Waals surface area contributed by atoms with Gasteiger partial charge in [0.15, 0.2) is 5.58 Å². The van der Waals surface area contributed by atoms with Crippen LogP contribution in [0.3, 0.4) is 0 Å². The molecule has 6 nitrogen and oxygen atoms in total. The lowest BCUT2D eigenvalue weighted by Gasteiger charge is -2.21. The van der Waals surface area contributed by atoms with Crippen LogP contribution >= 0.6 is 0 Å². The summed E-state index contributed by atoms with van der Waals surface area (Å²) < 4.78 is 11.6. The van der Waals surface area contributed by atoms with Crippen molar-refractivity contribution in [3.05, 3.63) is 48.0 Å². The molecule has 1 atom stereocenters. The monoisotopic (exact) mass is 377 g/mol. The Balaban J connectivity index is 1.62. The zero-order valence-corrected chi connectivity index (χ0v) is 16.1. The number of hydrazone groups is 1. The summed E-state index contributed by atoms with van der Waals surface area (Å²) in [7, 11) is 0. The van der Waals surface area contributed by atoms with E-state index in [0.717, 1.165) is 40.9 Å². The molecule has 0 saturated carbocycles. The Hall–Kier alpha value is -3.15. The average Bonchev–Trinajstić information content (AvgIpc) is 3.15. The van der Waals surface area contributed by atoms with E-state index in [1.54, 1.807) is 0 Å². The number of nitrogens with one attached hydrogen (secondary N) is 1. The number of nitrogens with zero attached hydrogens (tertiary/aromatic N) is 2. The van der Waals surface area contributed by atoms with Crippen LogP contribution in [0.1, 0.15) is 38.7 Å². The molecular weight excluding hydrogens is 354 g/mol. The number of oxazole rings is 1. The SMILES string of the molecule is CCCOc1ccc(-c2nc3ccc(C4=NNC(=O)CC4CC)cc3o2)cc1. The van der Waals surface area contributed by atoms with Crippen molar-refractivity contribution in [1.82, 2.24) is 10.4 Å². The number of hydrogen-bond donors (Lipinski definition) is 1. The van der Waals surface area contributed by atoms with Gasteiger partial charge < -0.3 is 9.15 Å². The number of carbonyl (C=O) groups excluding carboxylic acids is 1. The highest BCUT2D eigenvalue weighted by Gasteiger charge is 2.24. The maximum atomic E-state index is 11.6. The molecule has 1 aliphatic heterocycles. The first-order valence-corrected chi connectivity index (χ1v) is 9.68. The minimum absolute atomic E-state index is 0.0370. The standard InChI is InChI=1S/C22H23N3O3/c1-3-11-27-17-8-5-15(6-9-17)22-23-18-10-7-16(12-19(18)28-22)21-14(4-2)13-20(26)24-25-21/h5-10,12,14H,3-4,11,13H2,1-2H3,(H,24,26). The van der Waals surface area contributed by atoms with E-state index in [-0.39, 0.29) is 11.8 Å². The third-order valence-corrected chi connectivity index (χ3v) is 4.87. The number of ether oxygens (including phenoxy) is 1. The Labute approximate surface area is 163 Å². The predicted molar refractivity (Wildman–Crippen MR) is 108 cm³/mol. The summed E-state index contributed by atoms with van der Waals surface area (Å²) in [5, 5.41) is 4.28. The Bertz CT molecular complexity index is 1020. The van der Waals surface area contributed by atoms with Gasteiger partial charge in [0.1, 0.15) is 11.3 Å². The number of fused-ring (bicyclic) bond motifs is 1. The van der Waals surface area contributed by atoms with Gasteiger partial charge in [0, 0.05) is 23.5 Å². The number of amides is 1. The quantitative estimate of drug-likeness (QED) is 0.684. The van der Waals surface area contributed by atoms with Gasteiger partial charge in [-0.25, -0.2) is 10.4 Å². The normalized spacial score (nSPS) is 16.7. The maximum absolute atomic E-state index is 11.6. The van der Waals surface area contributed by atoms with Gasteiger partial charge in [-0.05, 0) is 49.2 Å². The largest absolute Gasteiger partial charge is 0.494 e. The molecule has 28 heavy (non-hydrogen) atoms. The highest BCUT2D eigenvalue weighted by Crippen LogP contribution is 2.28. The summed E-state index contributed by atoms with van der Waals surface area (Å²) in [6.45, 7) is 4.85. The second-order valence-corrected chi connectivity index (χ2v) is 6.92. The molecule has 0 fully saturated rings. The van der Waals surface area contributed by atoms with Gasteiger partial charge >= 0.3 is 0 Å². The maximum Gasteiger partial charge on any atom is 0.240 e. The van der Waals surface area contributed by atoms with Crippen molar-refractivity contribution in [2.75, 3.05) is 6.61 Å². The van der Waals surface area contributed by atoms with E-state index in [0.29, 0.717) is 24.5 Å². The topological polar surface area (TPSA) is 76.7 Å². The van der Waals surface area contributed by atoms with Gasteiger partial charge in [0.2, 0.25) is 11.8 Å². The molecule has 0 aliphatic carbocycles. The van der Waals surface area contributed by atoms with E-state index < -0.39 is 0 Å². The van der Waals surface area contributed by atoms with Crippen LogP contribution in [0.2, 0.25) is 0 Å². The van der Waals surface area contributed by atoms with E-state index in [4.69, 9.17) is 9.15 Å². The van der Waals surface area contributed by atoms with Crippen LogP contribution < -0.4 is 10.2 Å². The average molecular weight is 377 g/mol. The van der Waals surface area contributed by atoms with Crippen LogP contribution in [0.5, 0.6) is 5.75 Å². The van der Waals surface area contributed by atoms with Crippen LogP contribution in [0.15, 0.2) is 52.0 Å². The molecule has 0 saturated heterocycles. The summed E-state index contributed by atoms with van der Waals surface area (Å²) >= 11 is 0. The molecule has 2 heterocycles. The third-order valence-electron chi connectivity index (χ3n) is 4.87. The number of hydrogen-bond acceptors (Lipinski definition) is 5. The highest BCUT2D eigenvalue weighted by atomic mass is 16.5. The summed E-state index contributed by atoms with van der Waals surface area (Å²) in [4.78, 5) is 16.2. The van der Waals surface area contributed by atoms with Crippen molar-refractivity contribution in [2.45, 2.75) is 33.1 Å². The zero-order chi connectivity index (χ0) is 19.5. The fourth-order valence-electron chi connectivity index (χ4n) is 3.34. The molecular formula is C22H23N3O3. The van der Waals surface area contributed by atoms with E-state index in [1.807, 2.05) is 42.5 Å². The summed E-state index contributed by atoms with van der Waals surface area (Å²) in [5.74, 6) is 1.49. The van der Waals surface area contributed by atoms with Crippen molar-refractivity contribution in [3.63, 3.8) is 0 Å². The summed E-state index contributed by atoms with van der Waals surface area (Å²) in [6.07, 6.45) is 2.29. The van der Waals surface area contributed by atoms with Gasteiger partial charge in [0.05, 0.1) is 12.3 Å². The van der Waals surface area contributed by atoms with Gasteiger partial charge in [-0.2, -0.15) is 5.10 Å². The fourth-order valence-corrected chi connectivity index (χ4v) is 3.34. The molecule has 4 rings (SSSR count). The van der Waals surface area contributed by atoms with Crippen LogP contribution in [0.25, 0.3) is 22.6 Å². The molecule has 6 heteroatoms. The molecule has 2 aromatic carbocycles. The molecule has 3 aromatic rings. The number of aromatic nitrogens is 1. The molecule has 0 radical (unpaired) electrons. The second-order valence-electron chi connectivity index (χ2n) is 6.92. The van der Waals surface area contributed by atoms with Gasteiger partial charge in [-0.1, -0.05) is 19.9 Å². The third kappa shape index (κ3) is 3.63. The van der Waals surface area contributed by atoms with Gasteiger partial charge in [0.25, 0.3) is 0 Å². The molecule has 0 bridgehead atoms. The van der Waals surface area contributed by atoms with Crippen LogP contribution in [0.4, 0.5) is 0 Å². The highest BCUT2D eigenvalue weighted by molar-refractivity contribution is 6.07. The molecule has 1 aliphatic rings. The fraction of sp³-hybridized carbons (Fsp3) is 0.318. The lowest BCUT2D eigenvalue weighted by atomic mass is 9.90. The minimum atomic E-state index is -0.0370. The minimum Gasteiger partial charge on any atom is -0.494 e. The molecule has 144 valence electrons. The smallest absolute Gasteiger partial charge is 0.240 e. The van der Waals surface area contributed by atoms with Gasteiger partial charge in [-0.3, -0.25) is 4.79 Å². The number of rotatable bonds is 6. The Morgan fingerprint density at radius 2 is 1.93 bits per heavy atom. The Kier molecular flexibility index (Phi) is 5.10. The Morgan fingerprint density at radius 1 is 1.14 bits per heavy atom. The van der Waals surface area contributed by atoms with Crippen LogP contribution in [0, 0.1) is 5.92 Å². The second kappa shape index (κ2) is 7.84. The molecule has 1 aromatic heterocycles. The van der Waals surface area contributed by atoms with Gasteiger partial charge in [-0.15, -0.1) is 0 Å². The first kappa shape index (κ1) is 18.2. The lowest BCUT2D eigenvalue weighted by molar-refractivity contribution is -0.122. The molecule has 0 spiro atoms. The molecule has 1 N–H and O–H groups in total. The van der Waals surface area contributed by atoms with Crippen molar-refractivity contribution >= 4 is 22.7 Å². The first-order chi connectivity index (χ1) is 13.7. The lowest BCUT2D eigenvalue weighted by Crippen LogP contribution is -2.33. The van der Waals surface area contributed by atoms with E-state index >= 15 is 0 Å². The zero-order valence-electron chi connectivity index (χ0n) is 16.1. The Morgan fingerprint density at radius 3 is 2.68 bits per heavy atom. The molecule has 1 amide bonds. The van der Waals surface area contributed by atoms with Crippen molar-refractivity contribution < 1.29 is 13.9 Å². The van der Waals surface area contributed by atoms with Crippen molar-refractivity contribution in [2.24, 2.45) is 11.0 Å². The number of benzene rings is 2. The van der Waals surface area contributed by atoms with E-state index in [9.17, 15) is 4.79 Å². The first-order valence-electron chi connectivity index (χ1n) is 9.68. The van der Waals surface area contributed by atoms with Crippen molar-refractivity contribution in [1.29, 1.82) is 0 Å². The predicted octanol–water partition coefficient (Wildman–Crippen LogP) is 4.53. The van der Waals surface area contributed by atoms with Crippen LogP contribution in [-0.4, -0.2) is 23.2 Å². The van der Waals surface area contributed by atoms with Crippen molar-refractivity contribution in [3.8, 4) is 17.2 Å². The molecule has 1 unspecified atom stereocenters. The van der Waals surface area contributed by atoms with E-state index in [2.05, 4.69) is 29.4 Å². The number of carbonyl (C=O) groups is 1. The van der Waals surface area contributed by atoms with Crippen LogP contribution in [-0.2, 0) is 4.79 Å².